The van der Waals surface area contributed by atoms with Crippen molar-refractivity contribution in [2.75, 3.05) is 13.7 Å². The average molecular weight is 549 g/mol. The van der Waals surface area contributed by atoms with Gasteiger partial charge in [-0.3, -0.25) is 9.59 Å². The molecule has 1 aliphatic heterocycles. The molecule has 1 heterocycles. The number of carbonyl (C=O) groups is 3. The van der Waals surface area contributed by atoms with Gasteiger partial charge in [-0.05, 0) is 29.8 Å². The van der Waals surface area contributed by atoms with Gasteiger partial charge >= 0.3 is 5.97 Å². The van der Waals surface area contributed by atoms with Gasteiger partial charge in [0.05, 0.1) is 20.1 Å². The van der Waals surface area contributed by atoms with Gasteiger partial charge in [-0.25, -0.2) is 4.79 Å². The summed E-state index contributed by atoms with van der Waals surface area (Å²) in [6.45, 7) is 3.98. The number of benzene rings is 2. The molecule has 3 rings (SSSR count). The molecule has 0 saturated carbocycles. The fourth-order valence-corrected chi connectivity index (χ4v) is 3.77. The van der Waals surface area contributed by atoms with E-state index in [2.05, 4.69) is 21.2 Å². The van der Waals surface area contributed by atoms with E-state index < -0.39 is 48.1 Å². The lowest BCUT2D eigenvalue weighted by atomic mass is 9.86. The number of hydrogen-bond acceptors (Lipinski definition) is 7. The first kappa shape index (κ1) is 26.7. The van der Waals surface area contributed by atoms with Crippen LogP contribution < -0.4 is 15.8 Å². The fourth-order valence-electron chi connectivity index (χ4n) is 3.50. The summed E-state index contributed by atoms with van der Waals surface area (Å²) in [7, 11) is 1.56. The maximum Gasteiger partial charge on any atom is 0.336 e. The lowest BCUT2D eigenvalue weighted by Crippen LogP contribution is -2.50. The van der Waals surface area contributed by atoms with Gasteiger partial charge < -0.3 is 30.0 Å². The third kappa shape index (κ3) is 7.27. The lowest BCUT2D eigenvalue weighted by molar-refractivity contribution is -0.267. The standard InChI is InChI=1S/C25H29BrN2O7/c1-25(2)14-33-24(16-6-10-18(32-3)11-7-16)35-21(25)23(31)34-19(12-20(27)29)22(30)28-13-15-4-8-17(26)9-5-15/h4-11,19,21,24H,12-14H2,1-3H3,(H2,27,29)(H,28,30). The van der Waals surface area contributed by atoms with Crippen LogP contribution in [0.3, 0.4) is 0 Å². The lowest BCUT2D eigenvalue weighted by Gasteiger charge is -2.40. The zero-order valence-corrected chi connectivity index (χ0v) is 21.4. The van der Waals surface area contributed by atoms with Gasteiger partial charge in [0.25, 0.3) is 5.91 Å². The summed E-state index contributed by atoms with van der Waals surface area (Å²) in [6.07, 6.45) is -3.70. The highest BCUT2D eigenvalue weighted by Crippen LogP contribution is 2.37. The van der Waals surface area contributed by atoms with Gasteiger partial charge in [-0.1, -0.05) is 54.0 Å². The number of carbonyl (C=O) groups excluding carboxylic acids is 3. The monoisotopic (exact) mass is 548 g/mol. The minimum absolute atomic E-state index is 0.192. The smallest absolute Gasteiger partial charge is 0.336 e. The molecular formula is C25H29BrN2O7. The van der Waals surface area contributed by atoms with Crippen LogP contribution in [0.1, 0.15) is 37.7 Å². The van der Waals surface area contributed by atoms with Crippen LogP contribution in [0.25, 0.3) is 0 Å². The van der Waals surface area contributed by atoms with E-state index in [9.17, 15) is 14.4 Å². The fraction of sp³-hybridized carbons (Fsp3) is 0.400. The minimum atomic E-state index is -1.39. The Balaban J connectivity index is 1.69. The van der Waals surface area contributed by atoms with Gasteiger partial charge in [-0.2, -0.15) is 0 Å². The highest BCUT2D eigenvalue weighted by Gasteiger charge is 2.45. The Labute approximate surface area is 212 Å². The zero-order valence-electron chi connectivity index (χ0n) is 19.8. The van der Waals surface area contributed by atoms with Gasteiger partial charge in [0.15, 0.2) is 18.5 Å². The number of halogens is 1. The number of amides is 2. The third-order valence-corrected chi connectivity index (χ3v) is 6.02. The summed E-state index contributed by atoms with van der Waals surface area (Å²) in [5.74, 6) is -1.51. The molecule has 3 atom stereocenters. The highest BCUT2D eigenvalue weighted by molar-refractivity contribution is 9.10. The molecule has 2 amide bonds. The Bertz CT molecular complexity index is 1040. The van der Waals surface area contributed by atoms with E-state index in [1.807, 2.05) is 24.3 Å². The van der Waals surface area contributed by atoms with Crippen molar-refractivity contribution in [3.8, 4) is 5.75 Å². The van der Waals surface area contributed by atoms with Gasteiger partial charge in [0.2, 0.25) is 5.91 Å². The van der Waals surface area contributed by atoms with E-state index in [-0.39, 0.29) is 13.2 Å². The Morgan fingerprint density at radius 1 is 1.14 bits per heavy atom. The third-order valence-electron chi connectivity index (χ3n) is 5.50. The van der Waals surface area contributed by atoms with Gasteiger partial charge in [-0.15, -0.1) is 0 Å². The second kappa shape index (κ2) is 11.7. The van der Waals surface area contributed by atoms with Crippen LogP contribution in [0.2, 0.25) is 0 Å². The molecule has 0 bridgehead atoms. The average Bonchev–Trinajstić information content (AvgIpc) is 2.82. The summed E-state index contributed by atoms with van der Waals surface area (Å²) in [4.78, 5) is 37.5. The predicted molar refractivity (Wildman–Crippen MR) is 130 cm³/mol. The molecule has 188 valence electrons. The van der Waals surface area contributed by atoms with Gasteiger partial charge in [0, 0.05) is 22.0 Å². The highest BCUT2D eigenvalue weighted by atomic mass is 79.9. The molecule has 2 aromatic carbocycles. The van der Waals surface area contributed by atoms with Crippen molar-refractivity contribution in [3.05, 3.63) is 64.1 Å². The molecule has 35 heavy (non-hydrogen) atoms. The largest absolute Gasteiger partial charge is 0.497 e. The van der Waals surface area contributed by atoms with Crippen molar-refractivity contribution in [1.29, 1.82) is 0 Å². The maximum absolute atomic E-state index is 13.1. The summed E-state index contributed by atoms with van der Waals surface area (Å²) < 4.78 is 23.3. The van der Waals surface area contributed by atoms with E-state index in [1.165, 1.54) is 0 Å². The first-order chi connectivity index (χ1) is 16.6. The number of nitrogens with one attached hydrogen (secondary N) is 1. The van der Waals surface area contributed by atoms with Crippen molar-refractivity contribution >= 4 is 33.7 Å². The van der Waals surface area contributed by atoms with Gasteiger partial charge in [0.1, 0.15) is 5.75 Å². The predicted octanol–water partition coefficient (Wildman–Crippen LogP) is 3.00. The van der Waals surface area contributed by atoms with Crippen molar-refractivity contribution in [1.82, 2.24) is 5.32 Å². The van der Waals surface area contributed by atoms with Crippen molar-refractivity contribution in [2.24, 2.45) is 11.1 Å². The summed E-state index contributed by atoms with van der Waals surface area (Å²) in [6, 6.07) is 14.4. The molecule has 0 spiro atoms. The molecule has 0 aliphatic carbocycles. The van der Waals surface area contributed by atoms with Crippen LogP contribution >= 0.6 is 15.9 Å². The van der Waals surface area contributed by atoms with Crippen molar-refractivity contribution in [3.63, 3.8) is 0 Å². The molecule has 2 aromatic rings. The second-order valence-electron chi connectivity index (χ2n) is 8.86. The van der Waals surface area contributed by atoms with E-state index >= 15 is 0 Å². The van der Waals surface area contributed by atoms with Crippen LogP contribution in [0.4, 0.5) is 0 Å². The molecule has 1 aliphatic rings. The summed E-state index contributed by atoms with van der Waals surface area (Å²) in [5.41, 5.74) is 6.09. The molecule has 10 heteroatoms. The molecule has 0 radical (unpaired) electrons. The Hall–Kier alpha value is -2.95. The summed E-state index contributed by atoms with van der Waals surface area (Å²) in [5, 5.41) is 2.68. The molecule has 1 fully saturated rings. The normalized spacial score (nSPS) is 19.9. The minimum Gasteiger partial charge on any atom is -0.497 e. The van der Waals surface area contributed by atoms with Crippen LogP contribution in [-0.4, -0.2) is 43.7 Å². The van der Waals surface area contributed by atoms with Crippen LogP contribution in [0.5, 0.6) is 5.75 Å². The molecule has 3 N–H and O–H groups in total. The first-order valence-electron chi connectivity index (χ1n) is 11.0. The second-order valence-corrected chi connectivity index (χ2v) is 9.78. The Morgan fingerprint density at radius 2 is 1.80 bits per heavy atom. The molecule has 0 aromatic heterocycles. The van der Waals surface area contributed by atoms with Crippen molar-refractivity contribution in [2.45, 2.75) is 45.3 Å². The molecular weight excluding hydrogens is 520 g/mol. The van der Waals surface area contributed by atoms with E-state index in [1.54, 1.807) is 45.2 Å². The Kier molecular flexibility index (Phi) is 8.87. The number of esters is 1. The maximum atomic E-state index is 13.1. The van der Waals surface area contributed by atoms with Crippen LogP contribution in [0.15, 0.2) is 53.0 Å². The summed E-state index contributed by atoms with van der Waals surface area (Å²) >= 11 is 3.35. The number of methoxy groups -OCH3 is 1. The number of hydrogen-bond donors (Lipinski definition) is 2. The molecule has 9 nitrogen and oxygen atoms in total. The molecule has 1 saturated heterocycles. The van der Waals surface area contributed by atoms with E-state index in [0.717, 1.165) is 10.0 Å². The number of nitrogens with two attached hydrogens (primary N) is 1. The SMILES string of the molecule is COc1ccc(C2OCC(C)(C)C(C(=O)OC(CC(N)=O)C(=O)NCc3ccc(Br)cc3)O2)cc1. The van der Waals surface area contributed by atoms with Crippen molar-refractivity contribution < 1.29 is 33.3 Å². The Morgan fingerprint density at radius 3 is 2.40 bits per heavy atom. The number of ether oxygens (including phenoxy) is 4. The first-order valence-corrected chi connectivity index (χ1v) is 11.8. The van der Waals surface area contributed by atoms with Crippen LogP contribution in [-0.2, 0) is 35.1 Å². The molecule has 3 unspecified atom stereocenters. The van der Waals surface area contributed by atoms with Crippen LogP contribution in [0, 0.1) is 5.41 Å². The topological polar surface area (TPSA) is 126 Å². The van der Waals surface area contributed by atoms with E-state index in [0.29, 0.717) is 11.3 Å². The van der Waals surface area contributed by atoms with E-state index in [4.69, 9.17) is 24.7 Å². The quantitative estimate of drug-likeness (QED) is 0.461. The number of primary amides is 1. The number of rotatable bonds is 9. The zero-order chi connectivity index (χ0) is 25.6.